The Hall–Kier alpha value is -3.29. The number of benzene rings is 1. The van der Waals surface area contributed by atoms with Crippen LogP contribution in [0.3, 0.4) is 0 Å². The van der Waals surface area contributed by atoms with Crippen molar-refractivity contribution in [2.75, 3.05) is 0 Å². The lowest BCUT2D eigenvalue weighted by Gasteiger charge is -2.25. The van der Waals surface area contributed by atoms with Crippen molar-refractivity contribution in [2.45, 2.75) is 6.54 Å². The van der Waals surface area contributed by atoms with Crippen molar-refractivity contribution >= 4 is 47.1 Å². The van der Waals surface area contributed by atoms with Crippen molar-refractivity contribution in [3.8, 4) is 11.3 Å². The first-order valence-electron chi connectivity index (χ1n) is 8.39. The predicted molar refractivity (Wildman–Crippen MR) is 105 cm³/mol. The Morgan fingerprint density at radius 1 is 1.07 bits per heavy atom. The zero-order valence-electron chi connectivity index (χ0n) is 14.6. The maximum absolute atomic E-state index is 12.7. The van der Waals surface area contributed by atoms with Gasteiger partial charge in [-0.3, -0.25) is 19.8 Å². The van der Waals surface area contributed by atoms with Gasteiger partial charge in [0.25, 0.3) is 11.8 Å². The first-order chi connectivity index (χ1) is 13.9. The summed E-state index contributed by atoms with van der Waals surface area (Å²) in [7, 11) is 0. The molecule has 0 atom stereocenters. The molecule has 7 nitrogen and oxygen atoms in total. The molecule has 0 radical (unpaired) electrons. The number of amides is 4. The number of hydrogen-bond donors (Lipinski definition) is 1. The van der Waals surface area contributed by atoms with E-state index in [4.69, 9.17) is 32.0 Å². The third kappa shape index (κ3) is 3.83. The number of halogens is 2. The molecule has 146 valence electrons. The minimum absolute atomic E-state index is 0.105. The number of imide groups is 2. The van der Waals surface area contributed by atoms with Gasteiger partial charge in [-0.2, -0.15) is 0 Å². The predicted octanol–water partition coefficient (Wildman–Crippen LogP) is 4.51. The van der Waals surface area contributed by atoms with Gasteiger partial charge in [0.15, 0.2) is 0 Å². The van der Waals surface area contributed by atoms with Crippen LogP contribution in [-0.2, 0) is 16.1 Å². The van der Waals surface area contributed by atoms with Gasteiger partial charge in [-0.15, -0.1) is 0 Å². The fourth-order valence-corrected chi connectivity index (χ4v) is 3.30. The smallest absolute Gasteiger partial charge is 0.331 e. The summed E-state index contributed by atoms with van der Waals surface area (Å²) in [5.41, 5.74) is 0.369. The fourth-order valence-electron chi connectivity index (χ4n) is 2.80. The molecule has 29 heavy (non-hydrogen) atoms. The van der Waals surface area contributed by atoms with E-state index in [1.807, 2.05) is 0 Å². The van der Waals surface area contributed by atoms with Crippen LogP contribution >= 0.6 is 23.2 Å². The van der Waals surface area contributed by atoms with Crippen LogP contribution in [0.15, 0.2) is 63.1 Å². The zero-order chi connectivity index (χ0) is 20.5. The third-order valence-corrected chi connectivity index (χ3v) is 4.74. The quantitative estimate of drug-likeness (QED) is 0.485. The Morgan fingerprint density at radius 2 is 1.90 bits per heavy atom. The van der Waals surface area contributed by atoms with Crippen molar-refractivity contribution in [1.82, 2.24) is 10.2 Å². The van der Waals surface area contributed by atoms with Gasteiger partial charge >= 0.3 is 6.03 Å². The molecular weight excluding hydrogens is 419 g/mol. The molecule has 0 saturated carbocycles. The highest BCUT2D eigenvalue weighted by Crippen LogP contribution is 2.32. The van der Waals surface area contributed by atoms with E-state index >= 15 is 0 Å². The van der Waals surface area contributed by atoms with Gasteiger partial charge in [-0.05, 0) is 48.5 Å². The maximum atomic E-state index is 12.7. The summed E-state index contributed by atoms with van der Waals surface area (Å²) >= 11 is 12.1. The van der Waals surface area contributed by atoms with Gasteiger partial charge in [0.2, 0.25) is 0 Å². The minimum Gasteiger partial charge on any atom is -0.467 e. The number of urea groups is 1. The number of carbonyl (C=O) groups excluding carboxylic acids is 3. The number of furan rings is 2. The molecule has 9 heteroatoms. The van der Waals surface area contributed by atoms with Gasteiger partial charge in [0.1, 0.15) is 22.9 Å². The molecule has 1 fully saturated rings. The highest BCUT2D eigenvalue weighted by molar-refractivity contribution is 6.36. The van der Waals surface area contributed by atoms with E-state index in [0.29, 0.717) is 27.1 Å². The van der Waals surface area contributed by atoms with E-state index < -0.39 is 17.8 Å². The van der Waals surface area contributed by atoms with Crippen LogP contribution in [0.4, 0.5) is 4.79 Å². The summed E-state index contributed by atoms with van der Waals surface area (Å²) in [5, 5.41) is 3.02. The largest absolute Gasteiger partial charge is 0.467 e. The highest BCUT2D eigenvalue weighted by Gasteiger charge is 2.36. The molecule has 0 bridgehead atoms. The molecule has 4 amide bonds. The second-order valence-electron chi connectivity index (χ2n) is 6.11. The third-order valence-electron chi connectivity index (χ3n) is 4.19. The molecule has 2 aromatic heterocycles. The monoisotopic (exact) mass is 430 g/mol. The van der Waals surface area contributed by atoms with Crippen LogP contribution in [-0.4, -0.2) is 22.7 Å². The number of nitrogens with one attached hydrogen (secondary N) is 1. The summed E-state index contributed by atoms with van der Waals surface area (Å²) in [6.45, 7) is -0.105. The summed E-state index contributed by atoms with van der Waals surface area (Å²) in [6.07, 6.45) is 2.70. The summed E-state index contributed by atoms with van der Waals surface area (Å²) in [6, 6.07) is 10.6. The van der Waals surface area contributed by atoms with Gasteiger partial charge < -0.3 is 8.83 Å². The molecular formula is C20H12Cl2N2O5. The average Bonchev–Trinajstić information content (AvgIpc) is 3.34. The summed E-state index contributed by atoms with van der Waals surface area (Å²) in [5.74, 6) is -0.474. The molecule has 0 aliphatic carbocycles. The summed E-state index contributed by atoms with van der Waals surface area (Å²) in [4.78, 5) is 37.8. The molecule has 0 unspecified atom stereocenters. The van der Waals surface area contributed by atoms with Gasteiger partial charge in [-0.1, -0.05) is 23.2 Å². The Labute approximate surface area is 174 Å². The van der Waals surface area contributed by atoms with Crippen molar-refractivity contribution in [3.63, 3.8) is 0 Å². The molecule has 1 aromatic carbocycles. The lowest BCUT2D eigenvalue weighted by molar-refractivity contribution is -0.130. The molecule has 3 heterocycles. The van der Waals surface area contributed by atoms with Crippen molar-refractivity contribution < 1.29 is 23.2 Å². The molecule has 1 aliphatic heterocycles. The highest BCUT2D eigenvalue weighted by atomic mass is 35.5. The van der Waals surface area contributed by atoms with Crippen LogP contribution < -0.4 is 5.32 Å². The fraction of sp³-hybridized carbons (Fsp3) is 0.0500. The molecule has 1 aliphatic rings. The van der Waals surface area contributed by atoms with E-state index in [2.05, 4.69) is 5.32 Å². The molecule has 0 spiro atoms. The Kier molecular flexibility index (Phi) is 5.00. The van der Waals surface area contributed by atoms with E-state index in [9.17, 15) is 14.4 Å². The first kappa shape index (κ1) is 19.0. The number of rotatable bonds is 4. The standard InChI is InChI=1S/C20H12Cl2N2O5/c21-11-3-5-14(16(22)8-11)17-6-4-12(29-17)9-15-18(25)23-20(27)24(19(15)26)10-13-2-1-7-28-13/h1-9H,10H2,(H,23,25,27)/b15-9+. The second-order valence-corrected chi connectivity index (χ2v) is 6.96. The Balaban J connectivity index is 1.63. The number of barbiturate groups is 1. The van der Waals surface area contributed by atoms with Gasteiger partial charge in [0.05, 0.1) is 17.8 Å². The van der Waals surface area contributed by atoms with E-state index in [0.717, 1.165) is 4.90 Å². The maximum Gasteiger partial charge on any atom is 0.331 e. The van der Waals surface area contributed by atoms with Crippen molar-refractivity contribution in [2.24, 2.45) is 0 Å². The number of hydrogen-bond acceptors (Lipinski definition) is 5. The van der Waals surface area contributed by atoms with Crippen LogP contribution in [0.25, 0.3) is 17.4 Å². The van der Waals surface area contributed by atoms with Crippen LogP contribution in [0, 0.1) is 0 Å². The molecule has 4 rings (SSSR count). The SMILES string of the molecule is O=C1NC(=O)N(Cc2ccco2)C(=O)/C1=C/c1ccc(-c2ccc(Cl)cc2Cl)o1. The Bertz CT molecular complexity index is 1150. The first-order valence-corrected chi connectivity index (χ1v) is 9.14. The van der Waals surface area contributed by atoms with E-state index in [-0.39, 0.29) is 17.9 Å². The summed E-state index contributed by atoms with van der Waals surface area (Å²) < 4.78 is 10.9. The van der Waals surface area contributed by atoms with Crippen LogP contribution in [0.1, 0.15) is 11.5 Å². The van der Waals surface area contributed by atoms with Gasteiger partial charge in [0, 0.05) is 10.6 Å². The van der Waals surface area contributed by atoms with Crippen molar-refractivity contribution in [3.05, 3.63) is 75.9 Å². The second kappa shape index (κ2) is 7.62. The average molecular weight is 431 g/mol. The lowest BCUT2D eigenvalue weighted by atomic mass is 10.1. The molecule has 3 aromatic rings. The van der Waals surface area contributed by atoms with E-state index in [1.165, 1.54) is 12.3 Å². The van der Waals surface area contributed by atoms with E-state index in [1.54, 1.807) is 42.5 Å². The normalized spacial score (nSPS) is 15.9. The molecule has 1 saturated heterocycles. The minimum atomic E-state index is -0.818. The zero-order valence-corrected chi connectivity index (χ0v) is 16.2. The van der Waals surface area contributed by atoms with Crippen LogP contribution in [0.2, 0.25) is 10.0 Å². The van der Waals surface area contributed by atoms with Crippen molar-refractivity contribution in [1.29, 1.82) is 0 Å². The topological polar surface area (TPSA) is 92.8 Å². The van der Waals surface area contributed by atoms with Crippen LogP contribution in [0.5, 0.6) is 0 Å². The molecule has 1 N–H and O–H groups in total. The number of nitrogens with zero attached hydrogens (tertiary/aromatic N) is 1. The Morgan fingerprint density at radius 3 is 2.62 bits per heavy atom. The van der Waals surface area contributed by atoms with Gasteiger partial charge in [-0.25, -0.2) is 4.79 Å². The number of carbonyl (C=O) groups is 3. The lowest BCUT2D eigenvalue weighted by Crippen LogP contribution is -2.53.